The predicted octanol–water partition coefficient (Wildman–Crippen LogP) is 3.23. The van der Waals surface area contributed by atoms with Gasteiger partial charge in [-0.1, -0.05) is 0 Å². The van der Waals surface area contributed by atoms with Crippen LogP contribution >= 0.6 is 11.3 Å². The number of carbonyl (C=O) groups excluding carboxylic acids is 1. The minimum atomic E-state index is 0.154. The van der Waals surface area contributed by atoms with Gasteiger partial charge in [-0.25, -0.2) is 4.98 Å². The number of Topliss-reactive ketones (excluding diaryl/α,β-unsaturated/α-hetero) is 1. The fourth-order valence-corrected chi connectivity index (χ4v) is 3.56. The molecule has 0 saturated carbocycles. The van der Waals surface area contributed by atoms with E-state index in [4.69, 9.17) is 0 Å². The Morgan fingerprint density at radius 1 is 1.32 bits per heavy atom. The first-order valence-corrected chi connectivity index (χ1v) is 7.55. The topological polar surface area (TPSA) is 42.9 Å². The van der Waals surface area contributed by atoms with E-state index in [0.29, 0.717) is 12.0 Å². The molecule has 0 N–H and O–H groups in total. The minimum absolute atomic E-state index is 0.154. The van der Waals surface area contributed by atoms with Crippen molar-refractivity contribution in [2.75, 3.05) is 0 Å². The number of hydrogen-bond acceptors (Lipinski definition) is 4. The summed E-state index contributed by atoms with van der Waals surface area (Å²) >= 11 is 1.79. The van der Waals surface area contributed by atoms with Gasteiger partial charge in [0.25, 0.3) is 0 Å². The molecule has 0 fully saturated rings. The minimum Gasteiger partial charge on any atom is -0.294 e. The van der Waals surface area contributed by atoms with Gasteiger partial charge < -0.3 is 0 Å². The Balaban J connectivity index is 1.63. The van der Waals surface area contributed by atoms with Crippen LogP contribution in [0.25, 0.3) is 0 Å². The average Bonchev–Trinajstić information content (AvgIpc) is 2.88. The maximum absolute atomic E-state index is 12.0. The molecule has 2 heterocycles. The maximum atomic E-state index is 12.0. The van der Waals surface area contributed by atoms with Crippen molar-refractivity contribution in [2.24, 2.45) is 0 Å². The second-order valence-electron chi connectivity index (χ2n) is 4.85. The van der Waals surface area contributed by atoms with Crippen molar-refractivity contribution in [1.29, 1.82) is 0 Å². The number of pyridine rings is 1. The Bertz CT molecular complexity index is 554. The molecule has 1 aliphatic rings. The van der Waals surface area contributed by atoms with E-state index < -0.39 is 0 Å². The highest BCUT2D eigenvalue weighted by molar-refractivity contribution is 7.11. The summed E-state index contributed by atoms with van der Waals surface area (Å²) in [5.74, 6) is 0.154. The zero-order valence-corrected chi connectivity index (χ0v) is 11.6. The lowest BCUT2D eigenvalue weighted by Crippen LogP contribution is -2.02. The smallest absolute Gasteiger partial charge is 0.164 e. The fraction of sp³-hybridized carbons (Fsp3) is 0.400. The van der Waals surface area contributed by atoms with Crippen molar-refractivity contribution in [3.8, 4) is 0 Å². The number of carbonyl (C=O) groups is 1. The Hall–Kier alpha value is -1.55. The molecule has 0 unspecified atom stereocenters. The second-order valence-corrected chi connectivity index (χ2v) is 6.02. The highest BCUT2D eigenvalue weighted by Gasteiger charge is 2.15. The molecule has 98 valence electrons. The summed E-state index contributed by atoms with van der Waals surface area (Å²) in [6.07, 6.45) is 9.42. The Kier molecular flexibility index (Phi) is 3.69. The van der Waals surface area contributed by atoms with Crippen LogP contribution in [0.5, 0.6) is 0 Å². The maximum Gasteiger partial charge on any atom is 0.164 e. The lowest BCUT2D eigenvalue weighted by molar-refractivity contribution is 0.0982. The van der Waals surface area contributed by atoms with Gasteiger partial charge in [-0.2, -0.15) is 0 Å². The number of hydrogen-bond donors (Lipinski definition) is 0. The van der Waals surface area contributed by atoms with E-state index in [0.717, 1.165) is 17.8 Å². The van der Waals surface area contributed by atoms with Gasteiger partial charge in [0.1, 0.15) is 0 Å². The van der Waals surface area contributed by atoms with Crippen LogP contribution in [0.1, 0.15) is 45.2 Å². The van der Waals surface area contributed by atoms with Crippen molar-refractivity contribution >= 4 is 17.1 Å². The monoisotopic (exact) mass is 272 g/mol. The average molecular weight is 272 g/mol. The summed E-state index contributed by atoms with van der Waals surface area (Å²) in [7, 11) is 0. The van der Waals surface area contributed by atoms with Crippen molar-refractivity contribution < 1.29 is 4.79 Å². The summed E-state index contributed by atoms with van der Waals surface area (Å²) in [6, 6.07) is 3.62. The van der Waals surface area contributed by atoms with Gasteiger partial charge >= 0.3 is 0 Å². The van der Waals surface area contributed by atoms with Gasteiger partial charge in [-0.3, -0.25) is 9.78 Å². The molecule has 0 atom stereocenters. The molecule has 0 bridgehead atoms. The normalized spacial score (nSPS) is 14.1. The van der Waals surface area contributed by atoms with Crippen LogP contribution in [0.2, 0.25) is 0 Å². The first kappa shape index (κ1) is 12.5. The zero-order chi connectivity index (χ0) is 13.1. The van der Waals surface area contributed by atoms with E-state index >= 15 is 0 Å². The fourth-order valence-electron chi connectivity index (χ4n) is 2.40. The van der Waals surface area contributed by atoms with Crippen molar-refractivity contribution in [2.45, 2.75) is 38.5 Å². The highest BCUT2D eigenvalue weighted by atomic mass is 32.1. The number of aryl methyl sites for hydroxylation is 3. The molecule has 1 aliphatic carbocycles. The first-order chi connectivity index (χ1) is 9.33. The van der Waals surface area contributed by atoms with Gasteiger partial charge in [-0.15, -0.1) is 11.3 Å². The Morgan fingerprint density at radius 2 is 2.21 bits per heavy atom. The Morgan fingerprint density at radius 3 is 3.00 bits per heavy atom. The van der Waals surface area contributed by atoms with Gasteiger partial charge in [0.2, 0.25) is 0 Å². The van der Waals surface area contributed by atoms with Crippen LogP contribution in [-0.2, 0) is 19.3 Å². The summed E-state index contributed by atoms with van der Waals surface area (Å²) in [5, 5.41) is 1.11. The molecule has 3 rings (SSSR count). The van der Waals surface area contributed by atoms with E-state index in [1.165, 1.54) is 29.8 Å². The van der Waals surface area contributed by atoms with E-state index in [-0.39, 0.29) is 5.78 Å². The Labute approximate surface area is 116 Å². The number of fused-ring (bicyclic) bond motifs is 1. The molecule has 2 aromatic rings. The number of aromatic nitrogens is 2. The van der Waals surface area contributed by atoms with Crippen LogP contribution < -0.4 is 0 Å². The SMILES string of the molecule is O=C(CCc1nc2c(s1)CCCC2)c1cccnc1. The van der Waals surface area contributed by atoms with E-state index in [2.05, 4.69) is 9.97 Å². The van der Waals surface area contributed by atoms with Crippen LogP contribution in [0.3, 0.4) is 0 Å². The number of ketones is 1. The van der Waals surface area contributed by atoms with Crippen LogP contribution in [-0.4, -0.2) is 15.8 Å². The molecule has 0 amide bonds. The third-order valence-electron chi connectivity index (χ3n) is 3.44. The number of nitrogens with zero attached hydrogens (tertiary/aromatic N) is 2. The molecule has 0 saturated heterocycles. The summed E-state index contributed by atoms with van der Waals surface area (Å²) in [5.41, 5.74) is 1.98. The summed E-state index contributed by atoms with van der Waals surface area (Å²) in [4.78, 5) is 22.1. The van der Waals surface area contributed by atoms with Crippen molar-refractivity contribution in [1.82, 2.24) is 9.97 Å². The molecule has 19 heavy (non-hydrogen) atoms. The molecule has 4 heteroatoms. The zero-order valence-electron chi connectivity index (χ0n) is 10.8. The van der Waals surface area contributed by atoms with Crippen molar-refractivity contribution in [3.63, 3.8) is 0 Å². The molecule has 2 aromatic heterocycles. The van der Waals surface area contributed by atoms with Gasteiger partial charge in [0.05, 0.1) is 10.7 Å². The van der Waals surface area contributed by atoms with Crippen LogP contribution in [0.4, 0.5) is 0 Å². The van der Waals surface area contributed by atoms with Crippen LogP contribution in [0, 0.1) is 0 Å². The summed E-state index contributed by atoms with van der Waals surface area (Å²) < 4.78 is 0. The summed E-state index contributed by atoms with van der Waals surface area (Å²) in [6.45, 7) is 0. The predicted molar refractivity (Wildman–Crippen MR) is 75.6 cm³/mol. The van der Waals surface area contributed by atoms with Gasteiger partial charge in [0, 0.05) is 35.7 Å². The molecule has 0 aliphatic heterocycles. The largest absolute Gasteiger partial charge is 0.294 e. The lowest BCUT2D eigenvalue weighted by Gasteiger charge is -2.06. The first-order valence-electron chi connectivity index (χ1n) is 6.73. The third-order valence-corrected chi connectivity index (χ3v) is 4.66. The number of thiazole rings is 1. The lowest BCUT2D eigenvalue weighted by atomic mass is 10.0. The molecule has 3 nitrogen and oxygen atoms in total. The molecular weight excluding hydrogens is 256 g/mol. The molecule has 0 radical (unpaired) electrons. The molecular formula is C15H16N2OS. The quantitative estimate of drug-likeness (QED) is 0.802. The molecule has 0 spiro atoms. The van der Waals surface area contributed by atoms with Crippen LogP contribution in [0.15, 0.2) is 24.5 Å². The van der Waals surface area contributed by atoms with E-state index in [1.54, 1.807) is 29.8 Å². The van der Waals surface area contributed by atoms with E-state index in [1.807, 2.05) is 6.07 Å². The van der Waals surface area contributed by atoms with Gasteiger partial charge in [0.15, 0.2) is 5.78 Å². The van der Waals surface area contributed by atoms with Gasteiger partial charge in [-0.05, 0) is 37.8 Å². The number of rotatable bonds is 4. The highest BCUT2D eigenvalue weighted by Crippen LogP contribution is 2.27. The standard InChI is InChI=1S/C15H16N2OS/c18-13(11-4-3-9-16-10-11)7-8-15-17-12-5-1-2-6-14(12)19-15/h3-4,9-10H,1-2,5-8H2. The van der Waals surface area contributed by atoms with Crippen molar-refractivity contribution in [3.05, 3.63) is 45.7 Å². The molecule has 0 aromatic carbocycles. The third kappa shape index (κ3) is 2.89. The second kappa shape index (κ2) is 5.61. The van der Waals surface area contributed by atoms with E-state index in [9.17, 15) is 4.79 Å².